The maximum Gasteiger partial charge on any atom is 0.453 e. The molecule has 0 aliphatic heterocycles. The zero-order chi connectivity index (χ0) is 18.4. The van der Waals surface area contributed by atoms with E-state index in [1.807, 2.05) is 9.47 Å². The SMILES string of the molecule is FC(F)(I)C(F)(F)OC(F)(F)C(F)(F)OC(F)(F)C(F)(F)I. The molecule has 0 rings (SSSR count). The molecule has 0 radical (unpaired) electrons. The normalized spacial score (nSPS) is 16.1. The molecule has 0 aromatic carbocycles. The van der Waals surface area contributed by atoms with Gasteiger partial charge in [-0.3, -0.25) is 0 Å². The molecule has 0 saturated carbocycles. The Balaban J connectivity index is 5.44. The van der Waals surface area contributed by atoms with E-state index < -0.39 is 77.5 Å². The summed E-state index contributed by atoms with van der Waals surface area (Å²) in [5.41, 5.74) is 0. The van der Waals surface area contributed by atoms with Crippen LogP contribution in [0.25, 0.3) is 0 Å². The van der Waals surface area contributed by atoms with Crippen LogP contribution in [-0.4, -0.2) is 32.3 Å². The molecular formula is C6F12I2O2. The van der Waals surface area contributed by atoms with Crippen molar-refractivity contribution in [3.05, 3.63) is 0 Å². The number of hydrogen-bond acceptors (Lipinski definition) is 2. The molecule has 0 spiro atoms. The number of ether oxygens (including phenoxy) is 2. The first kappa shape index (κ1) is 22.5. The Morgan fingerprint density at radius 2 is 0.591 bits per heavy atom. The molecule has 2 nitrogen and oxygen atoms in total. The molecule has 0 amide bonds. The summed E-state index contributed by atoms with van der Waals surface area (Å²) in [5, 5.41) is 0. The van der Waals surface area contributed by atoms with Crippen molar-refractivity contribution in [1.82, 2.24) is 0 Å². The van der Waals surface area contributed by atoms with Crippen molar-refractivity contribution >= 4 is 45.2 Å². The van der Waals surface area contributed by atoms with Gasteiger partial charge in [-0.15, -0.1) is 0 Å². The van der Waals surface area contributed by atoms with Gasteiger partial charge in [-0.2, -0.15) is 52.7 Å². The van der Waals surface area contributed by atoms with Crippen molar-refractivity contribution in [3.8, 4) is 0 Å². The fraction of sp³-hybridized carbons (Fsp3) is 1.00. The lowest BCUT2D eigenvalue weighted by molar-refractivity contribution is -0.528. The van der Waals surface area contributed by atoms with Crippen LogP contribution in [0.2, 0.25) is 0 Å². The van der Waals surface area contributed by atoms with E-state index in [2.05, 4.69) is 0 Å². The molecular weight excluding hydrogens is 586 g/mol. The zero-order valence-electron chi connectivity index (χ0n) is 9.11. The Morgan fingerprint density at radius 3 is 0.727 bits per heavy atom. The number of rotatable bonds is 7. The molecule has 16 heteroatoms. The van der Waals surface area contributed by atoms with Crippen LogP contribution in [0.1, 0.15) is 0 Å². The standard InChI is InChI=1S/C6F12I2O2/c7-1(8,19)3(11,12)21-5(15,16)6(17,18)22-4(13,14)2(9,10)20. The minimum atomic E-state index is -6.80. The van der Waals surface area contributed by atoms with E-state index in [0.717, 1.165) is 0 Å². The predicted molar refractivity (Wildman–Crippen MR) is 59.9 cm³/mol. The molecule has 134 valence electrons. The average Bonchev–Trinajstić information content (AvgIpc) is 2.09. The highest BCUT2D eigenvalue weighted by molar-refractivity contribution is 14.1. The molecule has 0 fully saturated rings. The quantitative estimate of drug-likeness (QED) is 0.225. The van der Waals surface area contributed by atoms with Gasteiger partial charge in [-0.1, -0.05) is 0 Å². The summed E-state index contributed by atoms with van der Waals surface area (Å²) in [6, 6.07) is 0. The monoisotopic (exact) mass is 586 g/mol. The van der Waals surface area contributed by atoms with Crippen molar-refractivity contribution < 1.29 is 62.2 Å². The van der Waals surface area contributed by atoms with Crippen molar-refractivity contribution in [1.29, 1.82) is 0 Å². The topological polar surface area (TPSA) is 18.5 Å². The first-order valence-corrected chi connectivity index (χ1v) is 6.37. The third-order valence-electron chi connectivity index (χ3n) is 1.51. The van der Waals surface area contributed by atoms with Crippen molar-refractivity contribution in [2.75, 3.05) is 0 Å². The summed E-state index contributed by atoms with van der Waals surface area (Å²) in [6.07, 6.45) is -26.1. The molecule has 0 heterocycles. The highest BCUT2D eigenvalue weighted by Crippen LogP contribution is 2.51. The van der Waals surface area contributed by atoms with Gasteiger partial charge in [-0.25, -0.2) is 9.47 Å². The average molecular weight is 586 g/mol. The van der Waals surface area contributed by atoms with Gasteiger partial charge in [0.1, 0.15) is 0 Å². The molecule has 0 atom stereocenters. The smallest absolute Gasteiger partial charge is 0.243 e. The lowest BCUT2D eigenvalue weighted by Gasteiger charge is -2.33. The maximum absolute atomic E-state index is 12.7. The second-order valence-electron chi connectivity index (χ2n) is 3.27. The Labute approximate surface area is 139 Å². The first-order valence-electron chi connectivity index (χ1n) is 4.21. The van der Waals surface area contributed by atoms with Crippen LogP contribution in [-0.2, 0) is 9.47 Å². The van der Waals surface area contributed by atoms with Gasteiger partial charge in [0.25, 0.3) is 0 Å². The van der Waals surface area contributed by atoms with E-state index in [0.29, 0.717) is 0 Å². The lowest BCUT2D eigenvalue weighted by Crippen LogP contribution is -2.56. The molecule has 0 N–H and O–H groups in total. The minimum absolute atomic E-state index is 0.468. The zero-order valence-corrected chi connectivity index (χ0v) is 13.4. The van der Waals surface area contributed by atoms with Crippen LogP contribution >= 0.6 is 45.2 Å². The molecule has 0 aliphatic carbocycles. The van der Waals surface area contributed by atoms with Crippen molar-refractivity contribution in [2.45, 2.75) is 32.3 Å². The van der Waals surface area contributed by atoms with Crippen molar-refractivity contribution in [2.24, 2.45) is 0 Å². The van der Waals surface area contributed by atoms with Gasteiger partial charge < -0.3 is 0 Å². The van der Waals surface area contributed by atoms with E-state index in [1.54, 1.807) is 0 Å². The summed E-state index contributed by atoms with van der Waals surface area (Å²) in [5.74, 6) is 0. The van der Waals surface area contributed by atoms with Gasteiger partial charge in [0, 0.05) is 45.2 Å². The minimum Gasteiger partial charge on any atom is -0.243 e. The van der Waals surface area contributed by atoms with Crippen LogP contribution < -0.4 is 0 Å². The highest BCUT2D eigenvalue weighted by atomic mass is 127. The van der Waals surface area contributed by atoms with E-state index in [-0.39, 0.29) is 0 Å². The predicted octanol–water partition coefficient (Wildman–Crippen LogP) is 5.45. The van der Waals surface area contributed by atoms with Crippen LogP contribution in [0.4, 0.5) is 52.7 Å². The lowest BCUT2D eigenvalue weighted by atomic mass is 10.5. The summed E-state index contributed by atoms with van der Waals surface area (Å²) in [4.78, 5) is 0. The van der Waals surface area contributed by atoms with Crippen LogP contribution in [0.3, 0.4) is 0 Å². The molecule has 0 unspecified atom stereocenters. The van der Waals surface area contributed by atoms with Gasteiger partial charge in [0.05, 0.1) is 0 Å². The van der Waals surface area contributed by atoms with Gasteiger partial charge in [0.15, 0.2) is 0 Å². The first-order chi connectivity index (χ1) is 9.16. The highest BCUT2D eigenvalue weighted by Gasteiger charge is 2.73. The summed E-state index contributed by atoms with van der Waals surface area (Å²) >= 11 is -0.936. The molecule has 0 aromatic rings. The molecule has 0 aromatic heterocycles. The molecule has 0 aliphatic rings. The van der Waals surface area contributed by atoms with Gasteiger partial charge in [0.2, 0.25) is 0 Å². The summed E-state index contributed by atoms with van der Waals surface area (Å²) in [7, 11) is 0. The number of hydrogen-bond donors (Lipinski definition) is 0. The number of alkyl halides is 14. The fourth-order valence-electron chi connectivity index (χ4n) is 0.557. The van der Waals surface area contributed by atoms with E-state index in [9.17, 15) is 52.7 Å². The van der Waals surface area contributed by atoms with Crippen LogP contribution in [0.5, 0.6) is 0 Å². The Bertz CT molecular complexity index is 361. The molecule has 0 saturated heterocycles. The second-order valence-corrected chi connectivity index (χ2v) is 5.98. The van der Waals surface area contributed by atoms with Crippen LogP contribution in [0, 0.1) is 0 Å². The third kappa shape index (κ3) is 5.02. The van der Waals surface area contributed by atoms with Crippen molar-refractivity contribution in [3.63, 3.8) is 0 Å². The summed E-state index contributed by atoms with van der Waals surface area (Å²) in [6.45, 7) is 0. The Morgan fingerprint density at radius 1 is 0.409 bits per heavy atom. The van der Waals surface area contributed by atoms with E-state index >= 15 is 0 Å². The number of halogens is 14. The van der Waals surface area contributed by atoms with E-state index in [4.69, 9.17) is 0 Å². The largest absolute Gasteiger partial charge is 0.453 e. The Hall–Kier alpha value is 0.540. The second kappa shape index (κ2) is 6.12. The Kier molecular flexibility index (Phi) is 6.27. The van der Waals surface area contributed by atoms with Gasteiger partial charge >= 0.3 is 32.3 Å². The van der Waals surface area contributed by atoms with E-state index in [1.165, 1.54) is 0 Å². The van der Waals surface area contributed by atoms with Crippen LogP contribution in [0.15, 0.2) is 0 Å². The molecule has 22 heavy (non-hydrogen) atoms. The maximum atomic E-state index is 12.7. The fourth-order valence-corrected chi connectivity index (χ4v) is 0.777. The molecule has 0 bridgehead atoms. The van der Waals surface area contributed by atoms with Gasteiger partial charge in [-0.05, 0) is 0 Å². The third-order valence-corrected chi connectivity index (χ3v) is 2.77. The summed E-state index contributed by atoms with van der Waals surface area (Å²) < 4.78 is 142.